The molecule has 0 saturated carbocycles. The Bertz CT molecular complexity index is 451. The van der Waals surface area contributed by atoms with Gasteiger partial charge in [0.2, 0.25) is 0 Å². The lowest BCUT2D eigenvalue weighted by atomic mass is 10.0. The monoisotopic (exact) mass is 190 g/mol. The molecule has 2 heteroatoms. The first-order valence-corrected chi connectivity index (χ1v) is 4.58. The molecule has 72 valence electrons. The molecular formula is C12H11FO. The van der Waals surface area contributed by atoms with Crippen LogP contribution in [0.4, 0.5) is 4.39 Å². The van der Waals surface area contributed by atoms with E-state index in [0.717, 1.165) is 16.3 Å². The minimum absolute atomic E-state index is 0.245. The minimum Gasteiger partial charge on any atom is -0.508 e. The molecule has 2 aromatic carbocycles. The van der Waals surface area contributed by atoms with E-state index in [-0.39, 0.29) is 12.4 Å². The Balaban J connectivity index is 2.62. The van der Waals surface area contributed by atoms with E-state index in [4.69, 9.17) is 0 Å². The van der Waals surface area contributed by atoms with Gasteiger partial charge >= 0.3 is 0 Å². The van der Waals surface area contributed by atoms with Gasteiger partial charge in [0.1, 0.15) is 5.75 Å². The summed E-state index contributed by atoms with van der Waals surface area (Å²) in [6, 6.07) is 10.9. The van der Waals surface area contributed by atoms with Crippen LogP contribution < -0.4 is 0 Å². The molecule has 0 amide bonds. The lowest BCUT2D eigenvalue weighted by Crippen LogP contribution is -1.88. The number of phenolic OH excluding ortho intramolecular Hbond substituents is 1. The average molecular weight is 190 g/mol. The van der Waals surface area contributed by atoms with Gasteiger partial charge in [0.05, 0.1) is 6.67 Å². The van der Waals surface area contributed by atoms with Gasteiger partial charge in [-0.15, -0.1) is 0 Å². The Hall–Kier alpha value is -1.57. The molecular weight excluding hydrogens is 179 g/mol. The zero-order valence-corrected chi connectivity index (χ0v) is 7.70. The van der Waals surface area contributed by atoms with Crippen LogP contribution >= 0.6 is 0 Å². The lowest BCUT2D eigenvalue weighted by molar-refractivity contribution is 0.476. The molecule has 1 N–H and O–H groups in total. The third-order valence-electron chi connectivity index (χ3n) is 2.32. The molecule has 0 aliphatic heterocycles. The van der Waals surface area contributed by atoms with E-state index in [0.29, 0.717) is 6.42 Å². The van der Waals surface area contributed by atoms with Crippen LogP contribution in [0.25, 0.3) is 10.8 Å². The molecule has 0 aliphatic carbocycles. The molecule has 0 bridgehead atoms. The number of halogens is 1. The molecule has 0 atom stereocenters. The maximum absolute atomic E-state index is 12.2. The van der Waals surface area contributed by atoms with Crippen LogP contribution in [0.1, 0.15) is 5.56 Å². The largest absolute Gasteiger partial charge is 0.508 e. The van der Waals surface area contributed by atoms with E-state index >= 15 is 0 Å². The molecule has 14 heavy (non-hydrogen) atoms. The van der Waals surface area contributed by atoms with Crippen LogP contribution in [0, 0.1) is 0 Å². The van der Waals surface area contributed by atoms with Gasteiger partial charge in [-0.2, -0.15) is 0 Å². The smallest absolute Gasteiger partial charge is 0.116 e. The van der Waals surface area contributed by atoms with Crippen LogP contribution in [-0.2, 0) is 6.42 Å². The summed E-state index contributed by atoms with van der Waals surface area (Å²) >= 11 is 0. The maximum Gasteiger partial charge on any atom is 0.116 e. The second-order valence-corrected chi connectivity index (χ2v) is 3.26. The first kappa shape index (κ1) is 9.00. The van der Waals surface area contributed by atoms with E-state index in [1.165, 1.54) is 0 Å². The summed E-state index contributed by atoms with van der Waals surface area (Å²) in [5.74, 6) is 0.245. The highest BCUT2D eigenvalue weighted by Crippen LogP contribution is 2.23. The van der Waals surface area contributed by atoms with E-state index in [1.807, 2.05) is 24.3 Å². The van der Waals surface area contributed by atoms with Gasteiger partial charge in [-0.25, -0.2) is 0 Å². The van der Waals surface area contributed by atoms with Crippen molar-refractivity contribution in [2.75, 3.05) is 6.67 Å². The van der Waals surface area contributed by atoms with Crippen molar-refractivity contribution in [3.63, 3.8) is 0 Å². The first-order chi connectivity index (χ1) is 6.81. The average Bonchev–Trinajstić information content (AvgIpc) is 2.18. The summed E-state index contributed by atoms with van der Waals surface area (Å²) < 4.78 is 12.2. The highest BCUT2D eigenvalue weighted by molar-refractivity contribution is 5.86. The molecule has 0 aliphatic rings. The minimum atomic E-state index is -0.347. The molecule has 0 heterocycles. The highest BCUT2D eigenvalue weighted by atomic mass is 19.1. The summed E-state index contributed by atoms with van der Waals surface area (Å²) in [5.41, 5.74) is 0.991. The molecule has 1 nitrogen and oxygen atoms in total. The van der Waals surface area contributed by atoms with Crippen molar-refractivity contribution in [2.45, 2.75) is 6.42 Å². The zero-order valence-electron chi connectivity index (χ0n) is 7.70. The fraction of sp³-hybridized carbons (Fsp3) is 0.167. The highest BCUT2D eigenvalue weighted by Gasteiger charge is 2.00. The Morgan fingerprint density at radius 2 is 2.00 bits per heavy atom. The number of phenols is 1. The van der Waals surface area contributed by atoms with Gasteiger partial charge in [0.15, 0.2) is 0 Å². The summed E-state index contributed by atoms with van der Waals surface area (Å²) in [7, 11) is 0. The van der Waals surface area contributed by atoms with Gasteiger partial charge in [-0.3, -0.25) is 4.39 Å². The predicted octanol–water partition coefficient (Wildman–Crippen LogP) is 3.06. The molecule has 0 aromatic heterocycles. The summed E-state index contributed by atoms with van der Waals surface area (Å²) in [4.78, 5) is 0. The van der Waals surface area contributed by atoms with E-state index in [2.05, 4.69) is 0 Å². The summed E-state index contributed by atoms with van der Waals surface area (Å²) in [6.07, 6.45) is 0.433. The molecule has 0 fully saturated rings. The number of alkyl halides is 1. The number of hydrogen-bond acceptors (Lipinski definition) is 1. The standard InChI is InChI=1S/C12H11FO/c13-7-6-9-2-1-3-10-8-11(14)4-5-12(9)10/h1-5,8,14H,6-7H2. The van der Waals surface area contributed by atoms with Crippen LogP contribution in [0.2, 0.25) is 0 Å². The molecule has 0 radical (unpaired) electrons. The topological polar surface area (TPSA) is 20.2 Å². The quantitative estimate of drug-likeness (QED) is 0.771. The number of aromatic hydroxyl groups is 1. The molecule has 0 unspecified atom stereocenters. The Labute approximate surface area is 81.8 Å². The number of fused-ring (bicyclic) bond motifs is 1. The van der Waals surface area contributed by atoms with Gasteiger partial charge in [-0.1, -0.05) is 24.3 Å². The van der Waals surface area contributed by atoms with Crippen molar-refractivity contribution in [3.05, 3.63) is 42.0 Å². The van der Waals surface area contributed by atoms with E-state index < -0.39 is 0 Å². The number of hydrogen-bond donors (Lipinski definition) is 1. The molecule has 0 spiro atoms. The zero-order chi connectivity index (χ0) is 9.97. The van der Waals surface area contributed by atoms with Crippen molar-refractivity contribution < 1.29 is 9.50 Å². The molecule has 0 saturated heterocycles. The van der Waals surface area contributed by atoms with Gasteiger partial charge in [-0.05, 0) is 28.5 Å². The van der Waals surface area contributed by atoms with Crippen molar-refractivity contribution in [1.82, 2.24) is 0 Å². The van der Waals surface area contributed by atoms with Gasteiger partial charge < -0.3 is 5.11 Å². The Morgan fingerprint density at radius 3 is 2.79 bits per heavy atom. The SMILES string of the molecule is Oc1ccc2c(CCF)cccc2c1. The number of rotatable bonds is 2. The van der Waals surface area contributed by atoms with Crippen LogP contribution in [-0.4, -0.2) is 11.8 Å². The second-order valence-electron chi connectivity index (χ2n) is 3.26. The summed E-state index contributed by atoms with van der Waals surface area (Å²) in [5, 5.41) is 11.2. The first-order valence-electron chi connectivity index (χ1n) is 4.58. The van der Waals surface area contributed by atoms with Gasteiger partial charge in [0.25, 0.3) is 0 Å². The molecule has 2 aromatic rings. The summed E-state index contributed by atoms with van der Waals surface area (Å²) in [6.45, 7) is -0.347. The van der Waals surface area contributed by atoms with Crippen LogP contribution in [0.15, 0.2) is 36.4 Å². The van der Waals surface area contributed by atoms with E-state index in [1.54, 1.807) is 12.1 Å². The van der Waals surface area contributed by atoms with Crippen LogP contribution in [0.5, 0.6) is 5.75 Å². The Morgan fingerprint density at radius 1 is 1.14 bits per heavy atom. The lowest BCUT2D eigenvalue weighted by Gasteiger charge is -2.04. The normalized spacial score (nSPS) is 10.6. The number of aryl methyl sites for hydroxylation is 1. The van der Waals surface area contributed by atoms with Crippen molar-refractivity contribution in [1.29, 1.82) is 0 Å². The second kappa shape index (κ2) is 3.66. The fourth-order valence-corrected chi connectivity index (χ4v) is 1.66. The molecule has 2 rings (SSSR count). The Kier molecular flexibility index (Phi) is 2.35. The fourth-order valence-electron chi connectivity index (χ4n) is 1.66. The predicted molar refractivity (Wildman–Crippen MR) is 55.3 cm³/mol. The van der Waals surface area contributed by atoms with Crippen LogP contribution in [0.3, 0.4) is 0 Å². The van der Waals surface area contributed by atoms with Crippen molar-refractivity contribution in [3.8, 4) is 5.75 Å². The van der Waals surface area contributed by atoms with Crippen molar-refractivity contribution >= 4 is 10.8 Å². The van der Waals surface area contributed by atoms with Crippen molar-refractivity contribution in [2.24, 2.45) is 0 Å². The third-order valence-corrected chi connectivity index (χ3v) is 2.32. The number of benzene rings is 2. The maximum atomic E-state index is 12.2. The third kappa shape index (κ3) is 1.55. The van der Waals surface area contributed by atoms with Gasteiger partial charge in [0, 0.05) is 6.42 Å². The van der Waals surface area contributed by atoms with E-state index in [9.17, 15) is 9.50 Å².